The van der Waals surface area contributed by atoms with Crippen LogP contribution in [-0.2, 0) is 0 Å². The van der Waals surface area contributed by atoms with Crippen LogP contribution in [0.4, 0.5) is 0 Å². The second-order valence-corrected chi connectivity index (χ2v) is 19.7. The SMILES string of the molecule is C[Si](C)(C)C1C[C@H]([Si](C)(C)C)C2CCCCC21. The first-order valence-electron chi connectivity index (χ1n) is 7.71. The van der Waals surface area contributed by atoms with E-state index in [1.165, 1.54) is 12.8 Å². The monoisotopic (exact) mass is 268 g/mol. The van der Waals surface area contributed by atoms with Crippen LogP contribution in [0.3, 0.4) is 0 Å². The summed E-state index contributed by atoms with van der Waals surface area (Å²) >= 11 is 0. The Kier molecular flexibility index (Phi) is 3.68. The van der Waals surface area contributed by atoms with E-state index >= 15 is 0 Å². The Balaban J connectivity index is 2.23. The summed E-state index contributed by atoms with van der Waals surface area (Å²) in [6.45, 7) is 15.7. The number of rotatable bonds is 2. The summed E-state index contributed by atoms with van der Waals surface area (Å²) in [5.74, 6) is 2.26. The summed E-state index contributed by atoms with van der Waals surface area (Å²) in [4.78, 5) is 0. The van der Waals surface area contributed by atoms with Crippen molar-refractivity contribution >= 4 is 16.1 Å². The Hall–Kier alpha value is 0.434. The first-order valence-corrected chi connectivity index (χ1v) is 14.9. The van der Waals surface area contributed by atoms with Gasteiger partial charge < -0.3 is 0 Å². The zero-order chi connectivity index (χ0) is 12.8. The molecule has 3 unspecified atom stereocenters. The van der Waals surface area contributed by atoms with Crippen LogP contribution < -0.4 is 0 Å². The molecule has 100 valence electrons. The summed E-state index contributed by atoms with van der Waals surface area (Å²) in [5, 5.41) is 0. The first-order chi connectivity index (χ1) is 7.71. The smallest absolute Gasteiger partial charge is 0.0476 e. The maximum absolute atomic E-state index is 2.62. The lowest BCUT2D eigenvalue weighted by Crippen LogP contribution is -2.34. The van der Waals surface area contributed by atoms with E-state index in [9.17, 15) is 0 Å². The summed E-state index contributed by atoms with van der Waals surface area (Å²) in [5.41, 5.74) is 2.29. The first kappa shape index (κ1) is 13.9. The predicted molar refractivity (Wildman–Crippen MR) is 84.3 cm³/mol. The largest absolute Gasteiger partial charge is 0.0693 e. The maximum Gasteiger partial charge on any atom is 0.0476 e. The van der Waals surface area contributed by atoms with Gasteiger partial charge in [0.15, 0.2) is 0 Å². The lowest BCUT2D eigenvalue weighted by Gasteiger charge is -2.37. The number of fused-ring (bicyclic) bond motifs is 1. The van der Waals surface area contributed by atoms with Gasteiger partial charge in [0.2, 0.25) is 0 Å². The highest BCUT2D eigenvalue weighted by Gasteiger charge is 2.51. The van der Waals surface area contributed by atoms with E-state index in [1.807, 2.05) is 0 Å². The van der Waals surface area contributed by atoms with Gasteiger partial charge >= 0.3 is 0 Å². The molecule has 2 aliphatic rings. The van der Waals surface area contributed by atoms with Gasteiger partial charge in [-0.05, 0) is 22.9 Å². The minimum absolute atomic E-state index is 0.931. The predicted octanol–water partition coefficient (Wildman–Crippen LogP) is 5.61. The van der Waals surface area contributed by atoms with Gasteiger partial charge in [-0.3, -0.25) is 0 Å². The number of hydrogen-bond donors (Lipinski definition) is 0. The normalized spacial score (nSPS) is 39.2. The van der Waals surface area contributed by atoms with Crippen molar-refractivity contribution in [2.75, 3.05) is 0 Å². The molecule has 2 saturated carbocycles. The molecule has 0 aromatic carbocycles. The Bertz CT molecular complexity index is 244. The standard InChI is InChI=1S/C15H32Si2/c1-16(2,3)14-11-15(17(4,5)6)13-10-8-7-9-12(13)14/h12-15H,7-11H2,1-6H3/t12?,13?,14-,15?/m0/s1. The molecule has 0 bridgehead atoms. The van der Waals surface area contributed by atoms with Crippen molar-refractivity contribution in [2.24, 2.45) is 11.8 Å². The van der Waals surface area contributed by atoms with Crippen LogP contribution in [-0.4, -0.2) is 16.1 Å². The van der Waals surface area contributed by atoms with E-state index in [-0.39, 0.29) is 0 Å². The molecule has 0 N–H and O–H groups in total. The molecule has 2 rings (SSSR count). The van der Waals surface area contributed by atoms with Crippen LogP contribution in [0.1, 0.15) is 32.1 Å². The Labute approximate surface area is 111 Å². The van der Waals surface area contributed by atoms with Crippen LogP contribution in [0.15, 0.2) is 0 Å². The van der Waals surface area contributed by atoms with Crippen molar-refractivity contribution in [1.29, 1.82) is 0 Å². The lowest BCUT2D eigenvalue weighted by molar-refractivity contribution is 0.273. The fourth-order valence-electron chi connectivity index (χ4n) is 4.80. The average Bonchev–Trinajstić information content (AvgIpc) is 2.55. The van der Waals surface area contributed by atoms with Crippen molar-refractivity contribution in [1.82, 2.24) is 0 Å². The topological polar surface area (TPSA) is 0 Å². The number of hydrogen-bond acceptors (Lipinski definition) is 0. The van der Waals surface area contributed by atoms with Crippen molar-refractivity contribution in [3.05, 3.63) is 0 Å². The average molecular weight is 269 g/mol. The molecule has 0 saturated heterocycles. The Morgan fingerprint density at radius 2 is 1.00 bits per heavy atom. The van der Waals surface area contributed by atoms with Crippen molar-refractivity contribution in [2.45, 2.75) is 82.5 Å². The van der Waals surface area contributed by atoms with E-state index in [4.69, 9.17) is 0 Å². The molecule has 0 nitrogen and oxygen atoms in total. The zero-order valence-electron chi connectivity index (χ0n) is 12.8. The highest BCUT2D eigenvalue weighted by molar-refractivity contribution is 6.79. The quantitative estimate of drug-likeness (QED) is 0.571. The third-order valence-electron chi connectivity index (χ3n) is 5.64. The van der Waals surface area contributed by atoms with Gasteiger partial charge in [-0.25, -0.2) is 0 Å². The van der Waals surface area contributed by atoms with E-state index in [0.29, 0.717) is 0 Å². The summed E-state index contributed by atoms with van der Waals surface area (Å²) in [6.07, 6.45) is 7.81. The lowest BCUT2D eigenvalue weighted by atomic mass is 9.81. The van der Waals surface area contributed by atoms with E-state index in [2.05, 4.69) is 39.3 Å². The maximum atomic E-state index is 2.62. The van der Waals surface area contributed by atoms with Crippen molar-refractivity contribution in [3.8, 4) is 0 Å². The van der Waals surface area contributed by atoms with Crippen LogP contribution in [0, 0.1) is 11.8 Å². The molecule has 2 aliphatic carbocycles. The third-order valence-corrected chi connectivity index (χ3v) is 11.4. The molecule has 0 radical (unpaired) electrons. The van der Waals surface area contributed by atoms with Crippen LogP contribution >= 0.6 is 0 Å². The Morgan fingerprint density at radius 1 is 0.647 bits per heavy atom. The molecular weight excluding hydrogens is 236 g/mol. The summed E-state index contributed by atoms with van der Waals surface area (Å²) < 4.78 is 0. The van der Waals surface area contributed by atoms with Gasteiger partial charge in [-0.2, -0.15) is 0 Å². The van der Waals surface area contributed by atoms with Crippen molar-refractivity contribution < 1.29 is 0 Å². The minimum Gasteiger partial charge on any atom is -0.0693 e. The molecule has 4 atom stereocenters. The molecule has 0 aromatic rings. The second-order valence-electron chi connectivity index (χ2n) is 8.79. The zero-order valence-corrected chi connectivity index (χ0v) is 14.8. The van der Waals surface area contributed by atoms with E-state index in [1.54, 1.807) is 19.3 Å². The van der Waals surface area contributed by atoms with Gasteiger partial charge in [0.25, 0.3) is 0 Å². The highest BCUT2D eigenvalue weighted by Crippen LogP contribution is 2.60. The van der Waals surface area contributed by atoms with Gasteiger partial charge in [-0.15, -0.1) is 0 Å². The van der Waals surface area contributed by atoms with Gasteiger partial charge in [0.1, 0.15) is 0 Å². The van der Waals surface area contributed by atoms with E-state index in [0.717, 1.165) is 22.9 Å². The molecule has 17 heavy (non-hydrogen) atoms. The van der Waals surface area contributed by atoms with Gasteiger partial charge in [0.05, 0.1) is 0 Å². The van der Waals surface area contributed by atoms with E-state index < -0.39 is 16.1 Å². The van der Waals surface area contributed by atoms with Crippen molar-refractivity contribution in [3.63, 3.8) is 0 Å². The summed E-state index contributed by atoms with van der Waals surface area (Å²) in [6, 6.07) is 0. The highest BCUT2D eigenvalue weighted by atomic mass is 28.3. The third kappa shape index (κ3) is 2.73. The van der Waals surface area contributed by atoms with Gasteiger partial charge in [0, 0.05) is 16.1 Å². The molecule has 0 amide bonds. The van der Waals surface area contributed by atoms with Crippen LogP contribution in [0.5, 0.6) is 0 Å². The minimum atomic E-state index is -0.931. The molecular formula is C15H32Si2. The Morgan fingerprint density at radius 3 is 1.29 bits per heavy atom. The second kappa shape index (κ2) is 4.52. The molecule has 2 fully saturated rings. The molecule has 2 heteroatoms. The fourth-order valence-corrected chi connectivity index (χ4v) is 10.4. The molecule has 0 aromatic heterocycles. The van der Waals surface area contributed by atoms with Crippen LogP contribution in [0.25, 0.3) is 0 Å². The van der Waals surface area contributed by atoms with Crippen LogP contribution in [0.2, 0.25) is 50.4 Å². The fraction of sp³-hybridized carbons (Fsp3) is 1.00. The van der Waals surface area contributed by atoms with Gasteiger partial charge in [-0.1, -0.05) is 71.4 Å². The summed E-state index contributed by atoms with van der Waals surface area (Å²) in [7, 11) is -1.86. The molecule has 0 aliphatic heterocycles. The molecule has 0 spiro atoms. The molecule has 0 heterocycles.